The number of hydrogen-bond acceptors (Lipinski definition) is 2. The fourth-order valence-corrected chi connectivity index (χ4v) is 1.12. The SMILES string of the molecule is CC.CCNC(=O)c1ccc(C(C)=O)cc1.[HH]. The van der Waals surface area contributed by atoms with Crippen molar-refractivity contribution in [3.63, 3.8) is 0 Å². The molecule has 0 atom stereocenters. The van der Waals surface area contributed by atoms with E-state index in [1.54, 1.807) is 24.3 Å². The smallest absolute Gasteiger partial charge is 0.251 e. The highest BCUT2D eigenvalue weighted by atomic mass is 16.1. The van der Waals surface area contributed by atoms with Crippen LogP contribution in [0.25, 0.3) is 0 Å². The van der Waals surface area contributed by atoms with Crippen molar-refractivity contribution in [1.29, 1.82) is 0 Å². The van der Waals surface area contributed by atoms with Crippen LogP contribution in [0.3, 0.4) is 0 Å². The van der Waals surface area contributed by atoms with Crippen molar-refractivity contribution in [3.05, 3.63) is 35.4 Å². The first-order valence-corrected chi connectivity index (χ1v) is 5.54. The van der Waals surface area contributed by atoms with Gasteiger partial charge < -0.3 is 5.32 Å². The van der Waals surface area contributed by atoms with Crippen LogP contribution in [0, 0.1) is 0 Å². The monoisotopic (exact) mass is 223 g/mol. The van der Waals surface area contributed by atoms with Gasteiger partial charge in [0.25, 0.3) is 5.91 Å². The van der Waals surface area contributed by atoms with Crippen LogP contribution in [0.1, 0.15) is 49.8 Å². The molecule has 0 saturated carbocycles. The highest BCUT2D eigenvalue weighted by Gasteiger charge is 2.04. The number of carbonyl (C=O) groups is 2. The third-order valence-corrected chi connectivity index (χ3v) is 1.89. The molecule has 1 amide bonds. The van der Waals surface area contributed by atoms with Gasteiger partial charge in [-0.3, -0.25) is 9.59 Å². The Morgan fingerprint density at radius 2 is 1.56 bits per heavy atom. The summed E-state index contributed by atoms with van der Waals surface area (Å²) in [5.41, 5.74) is 1.20. The molecule has 0 aliphatic carbocycles. The molecule has 16 heavy (non-hydrogen) atoms. The molecule has 0 aliphatic heterocycles. The molecule has 90 valence electrons. The molecule has 3 nitrogen and oxygen atoms in total. The van der Waals surface area contributed by atoms with Gasteiger partial charge in [-0.15, -0.1) is 0 Å². The quantitative estimate of drug-likeness (QED) is 0.801. The Morgan fingerprint density at radius 3 is 1.94 bits per heavy atom. The zero-order valence-electron chi connectivity index (χ0n) is 10.3. The average molecular weight is 223 g/mol. The Kier molecular flexibility index (Phi) is 6.84. The predicted molar refractivity (Wildman–Crippen MR) is 67.9 cm³/mol. The highest BCUT2D eigenvalue weighted by molar-refractivity contribution is 5.97. The molecule has 0 bridgehead atoms. The Labute approximate surface area is 98.3 Å². The number of carbonyl (C=O) groups excluding carboxylic acids is 2. The van der Waals surface area contributed by atoms with E-state index in [0.29, 0.717) is 17.7 Å². The van der Waals surface area contributed by atoms with Crippen molar-refractivity contribution in [3.8, 4) is 0 Å². The lowest BCUT2D eigenvalue weighted by atomic mass is 10.1. The summed E-state index contributed by atoms with van der Waals surface area (Å²) in [4.78, 5) is 22.3. The van der Waals surface area contributed by atoms with E-state index < -0.39 is 0 Å². The molecule has 0 spiro atoms. The van der Waals surface area contributed by atoms with Gasteiger partial charge in [0.1, 0.15) is 0 Å². The van der Waals surface area contributed by atoms with Gasteiger partial charge in [-0.1, -0.05) is 26.0 Å². The van der Waals surface area contributed by atoms with Gasteiger partial charge >= 0.3 is 0 Å². The van der Waals surface area contributed by atoms with Crippen LogP contribution in [-0.2, 0) is 0 Å². The van der Waals surface area contributed by atoms with E-state index in [1.807, 2.05) is 20.8 Å². The summed E-state index contributed by atoms with van der Waals surface area (Å²) in [5.74, 6) is -0.102. The summed E-state index contributed by atoms with van der Waals surface area (Å²) in [5, 5.41) is 2.69. The third-order valence-electron chi connectivity index (χ3n) is 1.89. The standard InChI is InChI=1S/C11H13NO2.C2H6.H2/c1-3-12-11(14)10-6-4-9(5-7-10)8(2)13;1-2;/h4-7H,3H2,1-2H3,(H,12,14);1-2H3;1H. The minimum absolute atomic E-state index is 0. The number of amides is 1. The predicted octanol–water partition coefficient (Wildman–Crippen LogP) is 2.91. The lowest BCUT2D eigenvalue weighted by Crippen LogP contribution is -2.22. The minimum Gasteiger partial charge on any atom is -0.352 e. The minimum atomic E-state index is -0.109. The van der Waals surface area contributed by atoms with E-state index >= 15 is 0 Å². The van der Waals surface area contributed by atoms with Gasteiger partial charge in [0.15, 0.2) is 5.78 Å². The number of ketones is 1. The van der Waals surface area contributed by atoms with E-state index in [-0.39, 0.29) is 13.1 Å². The number of hydrogen-bond donors (Lipinski definition) is 1. The van der Waals surface area contributed by atoms with Gasteiger partial charge in [0, 0.05) is 19.1 Å². The molecule has 0 radical (unpaired) electrons. The zero-order chi connectivity index (χ0) is 12.6. The van der Waals surface area contributed by atoms with Crippen molar-refractivity contribution < 1.29 is 11.0 Å². The van der Waals surface area contributed by atoms with Crippen molar-refractivity contribution in [2.45, 2.75) is 27.7 Å². The molecule has 1 rings (SSSR count). The third kappa shape index (κ3) is 4.26. The summed E-state index contributed by atoms with van der Waals surface area (Å²) in [7, 11) is 0. The highest BCUT2D eigenvalue weighted by Crippen LogP contribution is 2.04. The average Bonchev–Trinajstić information content (AvgIpc) is 2.32. The van der Waals surface area contributed by atoms with Gasteiger partial charge in [-0.05, 0) is 26.0 Å². The van der Waals surface area contributed by atoms with Gasteiger partial charge in [0.05, 0.1) is 0 Å². The molecule has 0 heterocycles. The first-order chi connectivity index (χ1) is 7.65. The van der Waals surface area contributed by atoms with E-state index in [2.05, 4.69) is 5.32 Å². The molecule has 0 aromatic heterocycles. The number of nitrogens with one attached hydrogen (secondary N) is 1. The van der Waals surface area contributed by atoms with Crippen LogP contribution < -0.4 is 5.32 Å². The topological polar surface area (TPSA) is 46.2 Å². The Hall–Kier alpha value is -1.64. The van der Waals surface area contributed by atoms with Crippen LogP contribution in [0.2, 0.25) is 0 Å². The van der Waals surface area contributed by atoms with Crippen molar-refractivity contribution in [2.75, 3.05) is 6.54 Å². The summed E-state index contributed by atoms with van der Waals surface area (Å²) < 4.78 is 0. The van der Waals surface area contributed by atoms with E-state index in [4.69, 9.17) is 0 Å². The fraction of sp³-hybridized carbons (Fsp3) is 0.385. The second kappa shape index (κ2) is 7.63. The van der Waals surface area contributed by atoms with E-state index in [9.17, 15) is 9.59 Å². The van der Waals surface area contributed by atoms with Gasteiger partial charge in [-0.2, -0.15) is 0 Å². The summed E-state index contributed by atoms with van der Waals surface area (Å²) >= 11 is 0. The molecule has 0 aliphatic rings. The lowest BCUT2D eigenvalue weighted by Gasteiger charge is -2.02. The molecule has 3 heteroatoms. The largest absolute Gasteiger partial charge is 0.352 e. The zero-order valence-corrected chi connectivity index (χ0v) is 10.3. The summed E-state index contributed by atoms with van der Waals surface area (Å²) in [6.45, 7) is 7.97. The summed E-state index contributed by atoms with van der Waals surface area (Å²) in [6.07, 6.45) is 0. The summed E-state index contributed by atoms with van der Waals surface area (Å²) in [6, 6.07) is 6.63. The molecule has 1 N–H and O–H groups in total. The van der Waals surface area contributed by atoms with Crippen LogP contribution in [0.5, 0.6) is 0 Å². The maximum atomic E-state index is 11.3. The molecule has 0 unspecified atom stereocenters. The van der Waals surface area contributed by atoms with Crippen LogP contribution in [-0.4, -0.2) is 18.2 Å². The van der Waals surface area contributed by atoms with Gasteiger partial charge in [0.2, 0.25) is 0 Å². The van der Waals surface area contributed by atoms with E-state index in [1.165, 1.54) is 6.92 Å². The molecule has 1 aromatic carbocycles. The van der Waals surface area contributed by atoms with Crippen molar-refractivity contribution >= 4 is 11.7 Å². The maximum Gasteiger partial charge on any atom is 0.251 e. The van der Waals surface area contributed by atoms with Gasteiger partial charge in [-0.25, -0.2) is 0 Å². The van der Waals surface area contributed by atoms with Crippen LogP contribution in [0.4, 0.5) is 0 Å². The maximum absolute atomic E-state index is 11.3. The number of rotatable bonds is 3. The molecular weight excluding hydrogens is 202 g/mol. The normalized spacial score (nSPS) is 8.75. The van der Waals surface area contributed by atoms with E-state index in [0.717, 1.165) is 0 Å². The molecule has 1 aromatic rings. The number of benzene rings is 1. The Balaban J connectivity index is 0. The molecular formula is C13H21NO2. The number of Topliss-reactive ketones (excluding diaryl/α,β-unsaturated/α-hetero) is 1. The molecule has 0 saturated heterocycles. The first-order valence-electron chi connectivity index (χ1n) is 5.54. The van der Waals surface area contributed by atoms with Crippen LogP contribution in [0.15, 0.2) is 24.3 Å². The lowest BCUT2D eigenvalue weighted by molar-refractivity contribution is 0.0953. The second-order valence-corrected chi connectivity index (χ2v) is 2.99. The second-order valence-electron chi connectivity index (χ2n) is 2.99. The molecule has 0 fully saturated rings. The Morgan fingerprint density at radius 1 is 1.12 bits per heavy atom. The van der Waals surface area contributed by atoms with Crippen molar-refractivity contribution in [1.82, 2.24) is 5.32 Å². The van der Waals surface area contributed by atoms with Crippen molar-refractivity contribution in [2.24, 2.45) is 0 Å². The fourth-order valence-electron chi connectivity index (χ4n) is 1.12. The first kappa shape index (κ1) is 14.4. The Bertz CT molecular complexity index is 347. The van der Waals surface area contributed by atoms with Crippen LogP contribution >= 0.6 is 0 Å².